The van der Waals surface area contributed by atoms with Gasteiger partial charge in [-0.05, 0) is 28.9 Å². The van der Waals surface area contributed by atoms with E-state index < -0.39 is 11.9 Å². The molecule has 0 aliphatic carbocycles. The number of primary amides is 1. The zero-order valence-corrected chi connectivity index (χ0v) is 10.8. The maximum atomic E-state index is 11.1. The average Bonchev–Trinajstić information content (AvgIpc) is 2.25. The maximum Gasteiger partial charge on any atom is 0.339 e. The SMILES string of the molecule is CCN(CC(N)=O)c1ncc(Br)cc1C(=O)O. The summed E-state index contributed by atoms with van der Waals surface area (Å²) in [6, 6.07) is 1.44. The molecule has 1 heterocycles. The highest BCUT2D eigenvalue weighted by Crippen LogP contribution is 2.21. The van der Waals surface area contributed by atoms with Crippen LogP contribution in [-0.4, -0.2) is 35.1 Å². The van der Waals surface area contributed by atoms with E-state index in [0.29, 0.717) is 11.0 Å². The second-order valence-electron chi connectivity index (χ2n) is 3.31. The molecule has 0 aliphatic heterocycles. The molecule has 0 atom stereocenters. The van der Waals surface area contributed by atoms with Gasteiger partial charge in [0.1, 0.15) is 11.4 Å². The Morgan fingerprint density at radius 3 is 2.71 bits per heavy atom. The molecule has 0 aromatic carbocycles. The summed E-state index contributed by atoms with van der Waals surface area (Å²) in [7, 11) is 0. The number of pyridine rings is 1. The number of likely N-dealkylation sites (N-methyl/N-ethyl adjacent to an activating group) is 1. The summed E-state index contributed by atoms with van der Waals surface area (Å²) in [4.78, 5) is 27.5. The van der Waals surface area contributed by atoms with Crippen molar-refractivity contribution >= 4 is 33.6 Å². The van der Waals surface area contributed by atoms with Crippen molar-refractivity contribution in [3.05, 3.63) is 22.3 Å². The molecular weight excluding hydrogens is 290 g/mol. The fourth-order valence-electron chi connectivity index (χ4n) is 1.37. The van der Waals surface area contributed by atoms with Crippen LogP contribution < -0.4 is 10.6 Å². The zero-order chi connectivity index (χ0) is 13.0. The number of anilines is 1. The minimum Gasteiger partial charge on any atom is -0.478 e. The molecule has 0 fully saturated rings. The molecule has 1 rings (SSSR count). The minimum atomic E-state index is -1.10. The lowest BCUT2D eigenvalue weighted by Crippen LogP contribution is -2.35. The smallest absolute Gasteiger partial charge is 0.339 e. The quantitative estimate of drug-likeness (QED) is 0.840. The van der Waals surface area contributed by atoms with Gasteiger partial charge in [-0.3, -0.25) is 4.79 Å². The molecule has 0 spiro atoms. The van der Waals surface area contributed by atoms with Gasteiger partial charge >= 0.3 is 5.97 Å². The van der Waals surface area contributed by atoms with Crippen molar-refractivity contribution in [2.24, 2.45) is 5.73 Å². The molecule has 1 aromatic rings. The second-order valence-corrected chi connectivity index (χ2v) is 4.23. The lowest BCUT2D eigenvalue weighted by molar-refractivity contribution is -0.116. The van der Waals surface area contributed by atoms with Crippen molar-refractivity contribution in [3.8, 4) is 0 Å². The van der Waals surface area contributed by atoms with Gasteiger partial charge in [0, 0.05) is 17.2 Å². The number of aromatic carboxylic acids is 1. The van der Waals surface area contributed by atoms with Gasteiger partial charge < -0.3 is 15.7 Å². The summed E-state index contributed by atoms with van der Waals surface area (Å²) in [5, 5.41) is 9.06. The van der Waals surface area contributed by atoms with Gasteiger partial charge in [-0.15, -0.1) is 0 Å². The fraction of sp³-hybridized carbons (Fsp3) is 0.300. The predicted octanol–water partition coefficient (Wildman–Crippen LogP) is 0.854. The standard InChI is InChI=1S/C10H12BrN3O3/c1-2-14(5-8(12)15)9-7(10(16)17)3-6(11)4-13-9/h3-4H,2,5H2,1H3,(H2,12,15)(H,16,17). The Kier molecular flexibility index (Phi) is 4.45. The highest BCUT2D eigenvalue weighted by molar-refractivity contribution is 9.10. The molecule has 3 N–H and O–H groups in total. The number of carboxylic acid groups (broad SMARTS) is 1. The number of carboxylic acids is 1. The van der Waals surface area contributed by atoms with E-state index in [1.165, 1.54) is 17.2 Å². The Morgan fingerprint density at radius 2 is 2.24 bits per heavy atom. The number of halogens is 1. The number of hydrogen-bond donors (Lipinski definition) is 2. The topological polar surface area (TPSA) is 96.5 Å². The number of nitrogens with two attached hydrogens (primary N) is 1. The first-order valence-corrected chi connectivity index (χ1v) is 5.67. The van der Waals surface area contributed by atoms with Crippen LogP contribution in [0.4, 0.5) is 5.82 Å². The van der Waals surface area contributed by atoms with Crippen LogP contribution in [0.15, 0.2) is 16.7 Å². The number of nitrogens with zero attached hydrogens (tertiary/aromatic N) is 2. The molecule has 0 aliphatic rings. The molecule has 1 amide bonds. The summed E-state index contributed by atoms with van der Waals surface area (Å²) < 4.78 is 0.564. The first-order chi connectivity index (χ1) is 7.95. The Morgan fingerprint density at radius 1 is 1.59 bits per heavy atom. The Balaban J connectivity index is 3.18. The van der Waals surface area contributed by atoms with Crippen molar-refractivity contribution in [1.29, 1.82) is 0 Å². The molecule has 0 bridgehead atoms. The highest BCUT2D eigenvalue weighted by atomic mass is 79.9. The van der Waals surface area contributed by atoms with Gasteiger partial charge in [0.25, 0.3) is 0 Å². The van der Waals surface area contributed by atoms with E-state index in [2.05, 4.69) is 20.9 Å². The first kappa shape index (κ1) is 13.4. The lowest BCUT2D eigenvalue weighted by Gasteiger charge is -2.21. The summed E-state index contributed by atoms with van der Waals surface area (Å²) in [6.45, 7) is 2.17. The van der Waals surface area contributed by atoms with Crippen LogP contribution in [0.2, 0.25) is 0 Å². The van der Waals surface area contributed by atoms with Crippen molar-refractivity contribution in [2.45, 2.75) is 6.92 Å². The monoisotopic (exact) mass is 301 g/mol. The third-order valence-corrected chi connectivity index (χ3v) is 2.53. The Labute approximate surface area is 107 Å². The normalized spacial score (nSPS) is 10.0. The third kappa shape index (κ3) is 3.42. The fourth-order valence-corrected chi connectivity index (χ4v) is 1.70. The van der Waals surface area contributed by atoms with Crippen LogP contribution in [0, 0.1) is 0 Å². The van der Waals surface area contributed by atoms with Crippen LogP contribution in [0.5, 0.6) is 0 Å². The van der Waals surface area contributed by atoms with Crippen molar-refractivity contribution < 1.29 is 14.7 Å². The van der Waals surface area contributed by atoms with Gasteiger partial charge in [0.05, 0.1) is 6.54 Å². The van der Waals surface area contributed by atoms with Crippen molar-refractivity contribution in [2.75, 3.05) is 18.0 Å². The molecule has 0 saturated carbocycles. The van der Waals surface area contributed by atoms with Crippen LogP contribution in [0.3, 0.4) is 0 Å². The number of carbonyl (C=O) groups is 2. The molecule has 0 unspecified atom stereocenters. The Bertz CT molecular complexity index is 450. The van der Waals surface area contributed by atoms with Crippen molar-refractivity contribution in [3.63, 3.8) is 0 Å². The number of rotatable bonds is 5. The van der Waals surface area contributed by atoms with Gasteiger partial charge in [0.2, 0.25) is 5.91 Å². The molecule has 17 heavy (non-hydrogen) atoms. The largest absolute Gasteiger partial charge is 0.478 e. The molecule has 0 radical (unpaired) electrons. The summed E-state index contributed by atoms with van der Waals surface area (Å²) in [5.74, 6) is -1.40. The zero-order valence-electron chi connectivity index (χ0n) is 9.18. The second kappa shape index (κ2) is 5.62. The van der Waals surface area contributed by atoms with E-state index in [4.69, 9.17) is 10.8 Å². The average molecular weight is 302 g/mol. The number of aromatic nitrogens is 1. The highest BCUT2D eigenvalue weighted by Gasteiger charge is 2.18. The number of carbonyl (C=O) groups excluding carboxylic acids is 1. The van der Waals surface area contributed by atoms with Crippen molar-refractivity contribution in [1.82, 2.24) is 4.98 Å². The predicted molar refractivity (Wildman–Crippen MR) is 66.0 cm³/mol. The number of hydrogen-bond acceptors (Lipinski definition) is 4. The first-order valence-electron chi connectivity index (χ1n) is 4.87. The van der Waals surface area contributed by atoms with Crippen LogP contribution >= 0.6 is 15.9 Å². The molecule has 0 saturated heterocycles. The van der Waals surface area contributed by atoms with Gasteiger partial charge in [-0.1, -0.05) is 0 Å². The summed E-state index contributed by atoms with van der Waals surface area (Å²) in [6.07, 6.45) is 1.48. The number of amides is 1. The van der Waals surface area contributed by atoms with Gasteiger partial charge in [0.15, 0.2) is 0 Å². The van der Waals surface area contributed by atoms with E-state index in [-0.39, 0.29) is 17.9 Å². The third-order valence-electron chi connectivity index (χ3n) is 2.09. The van der Waals surface area contributed by atoms with E-state index in [9.17, 15) is 9.59 Å². The summed E-state index contributed by atoms with van der Waals surface area (Å²) >= 11 is 3.15. The van der Waals surface area contributed by atoms with Gasteiger partial charge in [-0.2, -0.15) is 0 Å². The molecule has 6 nitrogen and oxygen atoms in total. The summed E-state index contributed by atoms with van der Waals surface area (Å²) in [5.41, 5.74) is 5.13. The molecule has 7 heteroatoms. The molecule has 1 aromatic heterocycles. The van der Waals surface area contributed by atoms with Crippen LogP contribution in [0.25, 0.3) is 0 Å². The maximum absolute atomic E-state index is 11.1. The molecular formula is C10H12BrN3O3. The lowest BCUT2D eigenvalue weighted by atomic mass is 10.2. The van der Waals surface area contributed by atoms with Crippen LogP contribution in [0.1, 0.15) is 17.3 Å². The van der Waals surface area contributed by atoms with Crippen LogP contribution in [-0.2, 0) is 4.79 Å². The minimum absolute atomic E-state index is 0.0301. The van der Waals surface area contributed by atoms with E-state index in [1.807, 2.05) is 0 Å². The van der Waals surface area contributed by atoms with E-state index >= 15 is 0 Å². The molecule has 92 valence electrons. The van der Waals surface area contributed by atoms with E-state index in [1.54, 1.807) is 6.92 Å². The van der Waals surface area contributed by atoms with Gasteiger partial charge in [-0.25, -0.2) is 9.78 Å². The Hall–Kier alpha value is -1.63. The van der Waals surface area contributed by atoms with E-state index in [0.717, 1.165) is 0 Å².